The lowest BCUT2D eigenvalue weighted by molar-refractivity contribution is 0.0952. The predicted molar refractivity (Wildman–Crippen MR) is 88.5 cm³/mol. The van der Waals surface area contributed by atoms with E-state index in [-0.39, 0.29) is 11.5 Å². The number of thiophene rings is 2. The molecule has 0 aliphatic rings. The Morgan fingerprint density at radius 1 is 1.23 bits per heavy atom. The summed E-state index contributed by atoms with van der Waals surface area (Å²) in [4.78, 5) is 24.7. The van der Waals surface area contributed by atoms with E-state index in [0.29, 0.717) is 18.7 Å². The molecule has 1 N–H and O–H groups in total. The van der Waals surface area contributed by atoms with Crippen LogP contribution < -0.4 is 10.9 Å². The number of hydrogen-bond donors (Lipinski definition) is 1. The lowest BCUT2D eigenvalue weighted by Gasteiger charge is -2.07. The average Bonchev–Trinajstić information content (AvgIpc) is 3.22. The fourth-order valence-electron chi connectivity index (χ4n) is 1.94. The van der Waals surface area contributed by atoms with Gasteiger partial charge in [0.2, 0.25) is 0 Å². The zero-order valence-electron chi connectivity index (χ0n) is 11.6. The fraction of sp³-hybridized carbons (Fsp3) is 0.133. The lowest BCUT2D eigenvalue weighted by Crippen LogP contribution is -2.31. The van der Waals surface area contributed by atoms with Crippen LogP contribution in [-0.2, 0) is 6.54 Å². The summed E-state index contributed by atoms with van der Waals surface area (Å²) in [5.41, 5.74) is 1.22. The van der Waals surface area contributed by atoms with Crippen LogP contribution in [0.2, 0.25) is 0 Å². The Labute approximate surface area is 134 Å². The number of rotatable bonds is 5. The van der Waals surface area contributed by atoms with Crippen molar-refractivity contribution >= 4 is 28.6 Å². The summed E-state index contributed by atoms with van der Waals surface area (Å²) < 4.78 is 1.38. The highest BCUT2D eigenvalue weighted by molar-refractivity contribution is 7.13. The summed E-state index contributed by atoms with van der Waals surface area (Å²) in [5.74, 6) is -0.135. The molecule has 0 aliphatic carbocycles. The normalized spacial score (nSPS) is 10.5. The van der Waals surface area contributed by atoms with Gasteiger partial charge in [0.05, 0.1) is 11.4 Å². The summed E-state index contributed by atoms with van der Waals surface area (Å²) in [6.45, 7) is 0.698. The van der Waals surface area contributed by atoms with Crippen molar-refractivity contribution in [1.29, 1.82) is 0 Å². The zero-order chi connectivity index (χ0) is 15.4. The molecular weight excluding hydrogens is 318 g/mol. The molecule has 5 nitrogen and oxygen atoms in total. The molecule has 0 spiro atoms. The fourth-order valence-corrected chi connectivity index (χ4v) is 3.26. The van der Waals surface area contributed by atoms with Crippen LogP contribution in [0.4, 0.5) is 0 Å². The second kappa shape index (κ2) is 6.67. The second-order valence-corrected chi connectivity index (χ2v) is 6.25. The number of amides is 1. The second-order valence-electron chi connectivity index (χ2n) is 4.53. The molecule has 0 aliphatic heterocycles. The minimum atomic E-state index is -0.176. The van der Waals surface area contributed by atoms with Crippen molar-refractivity contribution in [2.75, 3.05) is 6.54 Å². The monoisotopic (exact) mass is 331 g/mol. The van der Waals surface area contributed by atoms with E-state index in [4.69, 9.17) is 0 Å². The lowest BCUT2D eigenvalue weighted by atomic mass is 10.3. The molecule has 1 amide bonds. The van der Waals surface area contributed by atoms with Crippen LogP contribution in [0.25, 0.3) is 10.6 Å². The maximum Gasteiger partial charge on any atom is 0.266 e. The van der Waals surface area contributed by atoms with Gasteiger partial charge in [0.25, 0.3) is 11.5 Å². The summed E-state index contributed by atoms with van der Waals surface area (Å²) >= 11 is 3.04. The van der Waals surface area contributed by atoms with Crippen LogP contribution in [0.5, 0.6) is 0 Å². The number of nitrogens with one attached hydrogen (secondary N) is 1. The van der Waals surface area contributed by atoms with Gasteiger partial charge in [-0.2, -0.15) is 16.4 Å². The van der Waals surface area contributed by atoms with Gasteiger partial charge < -0.3 is 5.32 Å². The highest BCUT2D eigenvalue weighted by atomic mass is 32.1. The van der Waals surface area contributed by atoms with Gasteiger partial charge in [-0.1, -0.05) is 6.07 Å². The molecule has 0 fully saturated rings. The molecule has 3 rings (SSSR count). The van der Waals surface area contributed by atoms with Crippen LogP contribution in [0.3, 0.4) is 0 Å². The quantitative estimate of drug-likeness (QED) is 0.781. The Morgan fingerprint density at radius 2 is 2.14 bits per heavy atom. The van der Waals surface area contributed by atoms with E-state index in [0.717, 1.165) is 10.6 Å². The van der Waals surface area contributed by atoms with Gasteiger partial charge in [0.15, 0.2) is 0 Å². The summed E-state index contributed by atoms with van der Waals surface area (Å²) in [6, 6.07) is 8.89. The molecule has 0 bridgehead atoms. The van der Waals surface area contributed by atoms with E-state index in [9.17, 15) is 9.59 Å². The van der Waals surface area contributed by atoms with Gasteiger partial charge in [-0.15, -0.1) is 11.3 Å². The van der Waals surface area contributed by atoms with Gasteiger partial charge in [0.1, 0.15) is 5.69 Å². The van der Waals surface area contributed by atoms with Gasteiger partial charge >= 0.3 is 0 Å². The average molecular weight is 331 g/mol. The largest absolute Gasteiger partial charge is 0.350 e. The minimum Gasteiger partial charge on any atom is -0.350 e. The maximum absolute atomic E-state index is 11.8. The topological polar surface area (TPSA) is 64.0 Å². The van der Waals surface area contributed by atoms with Crippen LogP contribution in [0.15, 0.2) is 51.3 Å². The van der Waals surface area contributed by atoms with E-state index >= 15 is 0 Å². The number of hydrogen-bond acceptors (Lipinski definition) is 5. The SMILES string of the molecule is O=C(NCCn1nc(-c2cccs2)ccc1=O)c1ccsc1. The Kier molecular flexibility index (Phi) is 4.45. The molecule has 7 heteroatoms. The zero-order valence-corrected chi connectivity index (χ0v) is 13.2. The van der Waals surface area contributed by atoms with Crippen LogP contribution in [0.1, 0.15) is 10.4 Å². The Balaban J connectivity index is 1.66. The van der Waals surface area contributed by atoms with Crippen LogP contribution >= 0.6 is 22.7 Å². The third-order valence-corrected chi connectivity index (χ3v) is 4.61. The van der Waals surface area contributed by atoms with E-state index < -0.39 is 0 Å². The first-order valence-electron chi connectivity index (χ1n) is 6.66. The molecule has 0 radical (unpaired) electrons. The first-order chi connectivity index (χ1) is 10.7. The number of carbonyl (C=O) groups is 1. The molecule has 3 heterocycles. The third-order valence-electron chi connectivity index (χ3n) is 3.03. The highest BCUT2D eigenvalue weighted by Crippen LogP contribution is 2.20. The third kappa shape index (κ3) is 3.32. The summed E-state index contributed by atoms with van der Waals surface area (Å²) in [6.07, 6.45) is 0. The van der Waals surface area contributed by atoms with Crippen LogP contribution in [0, 0.1) is 0 Å². The van der Waals surface area contributed by atoms with Crippen LogP contribution in [-0.4, -0.2) is 22.2 Å². The number of aromatic nitrogens is 2. The Hall–Kier alpha value is -2.25. The van der Waals surface area contributed by atoms with Crippen molar-refractivity contribution in [1.82, 2.24) is 15.1 Å². The van der Waals surface area contributed by atoms with Crippen molar-refractivity contribution in [2.24, 2.45) is 0 Å². The van der Waals surface area contributed by atoms with Gasteiger partial charge in [-0.05, 0) is 29.0 Å². The molecular formula is C15H13N3O2S2. The number of nitrogens with zero attached hydrogens (tertiary/aromatic N) is 2. The molecule has 22 heavy (non-hydrogen) atoms. The molecule has 0 atom stereocenters. The highest BCUT2D eigenvalue weighted by Gasteiger charge is 2.07. The van der Waals surface area contributed by atoms with E-state index in [2.05, 4.69) is 10.4 Å². The summed E-state index contributed by atoms with van der Waals surface area (Å²) in [5, 5.41) is 12.7. The first-order valence-corrected chi connectivity index (χ1v) is 8.49. The van der Waals surface area contributed by atoms with Gasteiger partial charge in [-0.25, -0.2) is 4.68 Å². The van der Waals surface area contributed by atoms with Crippen molar-refractivity contribution in [2.45, 2.75) is 6.54 Å². The van der Waals surface area contributed by atoms with Gasteiger partial charge in [0, 0.05) is 23.6 Å². The van der Waals surface area contributed by atoms with E-state index in [1.54, 1.807) is 28.8 Å². The Bertz CT molecular complexity index is 808. The standard InChI is InChI=1S/C15H13N3O2S2/c19-14-4-3-12(13-2-1-8-22-13)17-18(14)7-6-16-15(20)11-5-9-21-10-11/h1-5,8-10H,6-7H2,(H,16,20). The maximum atomic E-state index is 11.8. The number of carbonyl (C=O) groups excluding carboxylic acids is 1. The molecule has 3 aromatic rings. The first kappa shape index (κ1) is 14.7. The smallest absolute Gasteiger partial charge is 0.266 e. The minimum absolute atomic E-state index is 0.135. The molecule has 0 unspecified atom stereocenters. The summed E-state index contributed by atoms with van der Waals surface area (Å²) in [7, 11) is 0. The van der Waals surface area contributed by atoms with E-state index in [1.807, 2.05) is 22.9 Å². The molecule has 0 saturated heterocycles. The Morgan fingerprint density at radius 3 is 2.86 bits per heavy atom. The van der Waals surface area contributed by atoms with Crippen molar-refractivity contribution in [3.05, 3.63) is 62.4 Å². The molecule has 112 valence electrons. The molecule has 0 saturated carbocycles. The molecule has 3 aromatic heterocycles. The van der Waals surface area contributed by atoms with Crippen molar-refractivity contribution < 1.29 is 4.79 Å². The molecule has 0 aromatic carbocycles. The predicted octanol–water partition coefficient (Wildman–Crippen LogP) is 2.46. The van der Waals surface area contributed by atoms with Crippen molar-refractivity contribution in [3.63, 3.8) is 0 Å². The van der Waals surface area contributed by atoms with E-state index in [1.165, 1.54) is 22.1 Å². The van der Waals surface area contributed by atoms with Gasteiger partial charge in [-0.3, -0.25) is 9.59 Å². The van der Waals surface area contributed by atoms with Crippen molar-refractivity contribution in [3.8, 4) is 10.6 Å².